The van der Waals surface area contributed by atoms with Crippen LogP contribution in [0.4, 0.5) is 0 Å². The average Bonchev–Trinajstić information content (AvgIpc) is 2.81. The SMILES string of the molecule is CCCC(O)(CCC)CNC(=NCc1nc(C)c(C)s1)NCC.I. The van der Waals surface area contributed by atoms with E-state index >= 15 is 0 Å². The van der Waals surface area contributed by atoms with Crippen molar-refractivity contribution in [3.63, 3.8) is 0 Å². The number of halogens is 1. The molecule has 0 bridgehead atoms. The van der Waals surface area contributed by atoms with Crippen LogP contribution in [0.15, 0.2) is 4.99 Å². The average molecular weight is 468 g/mol. The van der Waals surface area contributed by atoms with Gasteiger partial charge in [0.2, 0.25) is 0 Å². The number of aromatic nitrogens is 1. The first kappa shape index (κ1) is 23.6. The maximum atomic E-state index is 10.7. The van der Waals surface area contributed by atoms with Crippen LogP contribution in [0.2, 0.25) is 0 Å². The number of nitrogens with zero attached hydrogens (tertiary/aromatic N) is 2. The van der Waals surface area contributed by atoms with Gasteiger partial charge in [0.1, 0.15) is 5.01 Å². The fraction of sp³-hybridized carbons (Fsp3) is 0.765. The van der Waals surface area contributed by atoms with Gasteiger partial charge in [-0.1, -0.05) is 26.7 Å². The maximum absolute atomic E-state index is 10.7. The van der Waals surface area contributed by atoms with Crippen molar-refractivity contribution in [3.05, 3.63) is 15.6 Å². The third kappa shape index (κ3) is 8.11. The van der Waals surface area contributed by atoms with Gasteiger partial charge in [-0.3, -0.25) is 0 Å². The quantitative estimate of drug-likeness (QED) is 0.293. The van der Waals surface area contributed by atoms with Gasteiger partial charge >= 0.3 is 0 Å². The van der Waals surface area contributed by atoms with Gasteiger partial charge in [0.25, 0.3) is 0 Å². The van der Waals surface area contributed by atoms with E-state index in [2.05, 4.69) is 41.4 Å². The highest BCUT2D eigenvalue weighted by molar-refractivity contribution is 14.0. The second-order valence-corrected chi connectivity index (χ2v) is 7.31. The number of rotatable bonds is 9. The van der Waals surface area contributed by atoms with Crippen LogP contribution in [0.5, 0.6) is 0 Å². The summed E-state index contributed by atoms with van der Waals surface area (Å²) in [4.78, 5) is 10.4. The molecule has 0 atom stereocenters. The Morgan fingerprint density at radius 2 is 1.79 bits per heavy atom. The zero-order valence-electron chi connectivity index (χ0n) is 15.6. The molecule has 24 heavy (non-hydrogen) atoms. The van der Waals surface area contributed by atoms with E-state index < -0.39 is 5.60 Å². The predicted molar refractivity (Wildman–Crippen MR) is 115 cm³/mol. The Hall–Kier alpha value is -0.410. The number of guanidine groups is 1. The van der Waals surface area contributed by atoms with E-state index in [-0.39, 0.29) is 24.0 Å². The Balaban J connectivity index is 0.00000529. The molecule has 1 aromatic heterocycles. The molecule has 5 nitrogen and oxygen atoms in total. The number of hydrogen-bond acceptors (Lipinski definition) is 4. The van der Waals surface area contributed by atoms with Gasteiger partial charge in [-0.15, -0.1) is 35.3 Å². The molecule has 3 N–H and O–H groups in total. The molecule has 0 aliphatic carbocycles. The van der Waals surface area contributed by atoms with Crippen LogP contribution < -0.4 is 10.6 Å². The lowest BCUT2D eigenvalue weighted by Crippen LogP contribution is -2.47. The minimum Gasteiger partial charge on any atom is -0.388 e. The summed E-state index contributed by atoms with van der Waals surface area (Å²) >= 11 is 1.69. The number of hydrogen-bond donors (Lipinski definition) is 3. The minimum absolute atomic E-state index is 0. The maximum Gasteiger partial charge on any atom is 0.191 e. The minimum atomic E-state index is -0.659. The van der Waals surface area contributed by atoms with E-state index in [4.69, 9.17) is 0 Å². The fourth-order valence-electron chi connectivity index (χ4n) is 2.58. The molecule has 0 unspecified atom stereocenters. The first-order chi connectivity index (χ1) is 10.9. The number of thiazole rings is 1. The zero-order chi connectivity index (χ0) is 17.3. The summed E-state index contributed by atoms with van der Waals surface area (Å²) in [6.45, 7) is 12.2. The number of aryl methyl sites for hydroxylation is 2. The van der Waals surface area contributed by atoms with Crippen molar-refractivity contribution in [1.29, 1.82) is 0 Å². The Morgan fingerprint density at radius 1 is 1.17 bits per heavy atom. The van der Waals surface area contributed by atoms with E-state index in [1.807, 2.05) is 13.8 Å². The Labute approximate surface area is 167 Å². The summed E-state index contributed by atoms with van der Waals surface area (Å²) in [6.07, 6.45) is 3.56. The normalized spacial score (nSPS) is 12.0. The van der Waals surface area contributed by atoms with Gasteiger partial charge in [-0.25, -0.2) is 9.98 Å². The fourth-order valence-corrected chi connectivity index (χ4v) is 3.43. The van der Waals surface area contributed by atoms with E-state index in [1.165, 1.54) is 4.88 Å². The lowest BCUT2D eigenvalue weighted by Gasteiger charge is -2.28. The van der Waals surface area contributed by atoms with Gasteiger partial charge in [-0.05, 0) is 33.6 Å². The molecule has 7 heteroatoms. The topological polar surface area (TPSA) is 69.5 Å². The van der Waals surface area contributed by atoms with Crippen LogP contribution >= 0.6 is 35.3 Å². The molecule has 140 valence electrons. The predicted octanol–water partition coefficient (Wildman–Crippen LogP) is 3.76. The van der Waals surface area contributed by atoms with Crippen molar-refractivity contribution < 1.29 is 5.11 Å². The Morgan fingerprint density at radius 3 is 2.25 bits per heavy atom. The first-order valence-corrected chi connectivity index (χ1v) is 9.43. The van der Waals surface area contributed by atoms with Crippen LogP contribution in [0.1, 0.15) is 62.0 Å². The molecule has 1 aromatic rings. The molecule has 0 saturated carbocycles. The van der Waals surface area contributed by atoms with E-state index in [1.54, 1.807) is 11.3 Å². The molecule has 0 spiro atoms. The van der Waals surface area contributed by atoms with Gasteiger partial charge in [0.05, 0.1) is 17.8 Å². The largest absolute Gasteiger partial charge is 0.388 e. The van der Waals surface area contributed by atoms with Crippen molar-refractivity contribution in [2.75, 3.05) is 13.1 Å². The highest BCUT2D eigenvalue weighted by atomic mass is 127. The van der Waals surface area contributed by atoms with Crippen LogP contribution in [-0.4, -0.2) is 34.7 Å². The van der Waals surface area contributed by atoms with Crippen molar-refractivity contribution in [2.45, 2.75) is 72.4 Å². The summed E-state index contributed by atoms with van der Waals surface area (Å²) in [5, 5.41) is 18.2. The van der Waals surface area contributed by atoms with E-state index in [0.29, 0.717) is 13.1 Å². The molecule has 0 amide bonds. The highest BCUT2D eigenvalue weighted by Gasteiger charge is 2.24. The molecular weight excluding hydrogens is 435 g/mol. The monoisotopic (exact) mass is 468 g/mol. The number of nitrogens with one attached hydrogen (secondary N) is 2. The zero-order valence-corrected chi connectivity index (χ0v) is 18.8. The number of aliphatic imine (C=N–C) groups is 1. The second-order valence-electron chi connectivity index (χ2n) is 6.02. The van der Waals surface area contributed by atoms with Crippen molar-refractivity contribution in [1.82, 2.24) is 15.6 Å². The summed E-state index contributed by atoms with van der Waals surface area (Å²) in [6, 6.07) is 0. The lowest BCUT2D eigenvalue weighted by molar-refractivity contribution is 0.0257. The molecule has 0 aliphatic rings. The van der Waals surface area contributed by atoms with Gasteiger partial charge in [-0.2, -0.15) is 0 Å². The molecular formula is C17H33IN4OS. The van der Waals surface area contributed by atoms with Crippen LogP contribution in [0.3, 0.4) is 0 Å². The van der Waals surface area contributed by atoms with Gasteiger partial charge in [0, 0.05) is 18.0 Å². The Kier molecular flexibility index (Phi) is 11.8. The smallest absolute Gasteiger partial charge is 0.191 e. The number of aliphatic hydroxyl groups is 1. The second kappa shape index (κ2) is 12.0. The van der Waals surface area contributed by atoms with Crippen molar-refractivity contribution in [3.8, 4) is 0 Å². The molecule has 0 aliphatic heterocycles. The molecule has 0 aromatic carbocycles. The van der Waals surface area contributed by atoms with Crippen LogP contribution in [0.25, 0.3) is 0 Å². The standard InChI is InChI=1S/C17H32N4OS.HI/c1-6-9-17(22,10-7-2)12-20-16(18-8-3)19-11-15-21-13(4)14(5)23-15;/h22H,6-12H2,1-5H3,(H2,18,19,20);1H. The third-order valence-electron chi connectivity index (χ3n) is 3.81. The van der Waals surface area contributed by atoms with Crippen molar-refractivity contribution in [2.24, 2.45) is 4.99 Å². The molecule has 1 heterocycles. The lowest BCUT2D eigenvalue weighted by atomic mass is 9.93. The van der Waals surface area contributed by atoms with Crippen LogP contribution in [-0.2, 0) is 6.54 Å². The summed E-state index contributed by atoms with van der Waals surface area (Å²) in [5.74, 6) is 0.739. The third-order valence-corrected chi connectivity index (χ3v) is 4.86. The van der Waals surface area contributed by atoms with Crippen LogP contribution in [0, 0.1) is 13.8 Å². The molecule has 0 saturated heterocycles. The summed E-state index contributed by atoms with van der Waals surface area (Å²) in [5.41, 5.74) is 0.423. The molecule has 0 fully saturated rings. The molecule has 1 rings (SSSR count). The van der Waals surface area contributed by atoms with Gasteiger partial charge in [0.15, 0.2) is 5.96 Å². The van der Waals surface area contributed by atoms with E-state index in [0.717, 1.165) is 48.9 Å². The highest BCUT2D eigenvalue weighted by Crippen LogP contribution is 2.19. The van der Waals surface area contributed by atoms with Crippen molar-refractivity contribution >= 4 is 41.3 Å². The Bertz CT molecular complexity index is 479. The van der Waals surface area contributed by atoms with E-state index in [9.17, 15) is 5.11 Å². The summed E-state index contributed by atoms with van der Waals surface area (Å²) in [7, 11) is 0. The summed E-state index contributed by atoms with van der Waals surface area (Å²) < 4.78 is 0. The first-order valence-electron chi connectivity index (χ1n) is 8.61. The molecule has 0 radical (unpaired) electrons. The van der Waals surface area contributed by atoms with Gasteiger partial charge < -0.3 is 15.7 Å².